The van der Waals surface area contributed by atoms with Gasteiger partial charge in [-0.25, -0.2) is 4.99 Å². The SMILES string of the molecule is C=CCCC(CC(=NC=C)NC(=O)c1ccccc1)N1CCCC1=O. The van der Waals surface area contributed by atoms with E-state index in [9.17, 15) is 9.59 Å². The van der Waals surface area contributed by atoms with Gasteiger partial charge in [-0.1, -0.05) is 30.9 Å². The van der Waals surface area contributed by atoms with Crippen LogP contribution in [0.4, 0.5) is 0 Å². The molecule has 0 aromatic heterocycles. The predicted octanol–water partition coefficient (Wildman–Crippen LogP) is 3.31. The minimum absolute atomic E-state index is 0.00257. The molecule has 5 heteroatoms. The first-order valence-electron chi connectivity index (χ1n) is 8.60. The van der Waals surface area contributed by atoms with Crippen molar-refractivity contribution in [3.8, 4) is 0 Å². The van der Waals surface area contributed by atoms with Crippen LogP contribution in [0, 0.1) is 0 Å². The van der Waals surface area contributed by atoms with Crippen LogP contribution in [0.1, 0.15) is 42.5 Å². The highest BCUT2D eigenvalue weighted by atomic mass is 16.2. The lowest BCUT2D eigenvalue weighted by Gasteiger charge is -2.28. The second-order valence-electron chi connectivity index (χ2n) is 5.99. The van der Waals surface area contributed by atoms with Crippen LogP contribution in [0.25, 0.3) is 0 Å². The normalized spacial score (nSPS) is 15.8. The molecule has 132 valence electrons. The number of amidine groups is 1. The molecule has 5 nitrogen and oxygen atoms in total. The molecule has 1 aliphatic rings. The summed E-state index contributed by atoms with van der Waals surface area (Å²) >= 11 is 0. The van der Waals surface area contributed by atoms with Crippen LogP contribution in [-0.2, 0) is 4.79 Å². The first kappa shape index (κ1) is 18.6. The number of hydrogen-bond donors (Lipinski definition) is 1. The number of hydrogen-bond acceptors (Lipinski definition) is 3. The summed E-state index contributed by atoms with van der Waals surface area (Å²) in [5.74, 6) is 0.482. The standard InChI is InChI=1S/C20H25N3O2/c1-3-5-12-17(23-14-9-13-19(23)24)15-18(21-4-2)22-20(25)16-10-7-6-8-11-16/h3-4,6-8,10-11,17H,1-2,5,9,12-15H2,(H,21,22,25). The molecule has 1 N–H and O–H groups in total. The van der Waals surface area contributed by atoms with Crippen LogP contribution in [0.15, 0.2) is 60.8 Å². The lowest BCUT2D eigenvalue weighted by Crippen LogP contribution is -2.41. The van der Waals surface area contributed by atoms with Crippen molar-refractivity contribution in [1.82, 2.24) is 10.2 Å². The van der Waals surface area contributed by atoms with Crippen LogP contribution in [0.5, 0.6) is 0 Å². The van der Waals surface area contributed by atoms with Crippen LogP contribution in [0.2, 0.25) is 0 Å². The summed E-state index contributed by atoms with van der Waals surface area (Å²) in [6, 6.07) is 8.99. The van der Waals surface area contributed by atoms with Gasteiger partial charge in [0.2, 0.25) is 5.91 Å². The molecule has 1 saturated heterocycles. The monoisotopic (exact) mass is 339 g/mol. The van der Waals surface area contributed by atoms with Gasteiger partial charge in [-0.05, 0) is 31.4 Å². The van der Waals surface area contributed by atoms with Gasteiger partial charge in [0, 0.05) is 37.2 Å². The maximum atomic E-state index is 12.4. The van der Waals surface area contributed by atoms with E-state index in [0.29, 0.717) is 24.2 Å². The third-order valence-corrected chi connectivity index (χ3v) is 4.22. The Bertz CT molecular complexity index is 652. The van der Waals surface area contributed by atoms with Crippen molar-refractivity contribution in [2.75, 3.05) is 6.54 Å². The van der Waals surface area contributed by atoms with Crippen molar-refractivity contribution in [3.05, 3.63) is 61.3 Å². The fourth-order valence-corrected chi connectivity index (χ4v) is 3.00. The Morgan fingerprint density at radius 1 is 1.32 bits per heavy atom. The third kappa shape index (κ3) is 5.41. The molecule has 1 atom stereocenters. The number of nitrogens with one attached hydrogen (secondary N) is 1. The fraction of sp³-hybridized carbons (Fsp3) is 0.350. The van der Waals surface area contributed by atoms with E-state index < -0.39 is 0 Å². The number of amides is 2. The summed E-state index contributed by atoms with van der Waals surface area (Å²) in [6.45, 7) is 8.15. The third-order valence-electron chi connectivity index (χ3n) is 4.22. The maximum absolute atomic E-state index is 12.4. The summed E-state index contributed by atoms with van der Waals surface area (Å²) in [5.41, 5.74) is 0.569. The van der Waals surface area contributed by atoms with Crippen LogP contribution < -0.4 is 5.32 Å². The highest BCUT2D eigenvalue weighted by Gasteiger charge is 2.28. The van der Waals surface area contributed by atoms with E-state index in [0.717, 1.165) is 25.8 Å². The molecule has 1 aliphatic heterocycles. The number of carbonyl (C=O) groups excluding carboxylic acids is 2. The number of likely N-dealkylation sites (tertiary alicyclic amines) is 1. The summed E-state index contributed by atoms with van der Waals surface area (Å²) in [5, 5.41) is 2.86. The van der Waals surface area contributed by atoms with E-state index in [1.54, 1.807) is 12.1 Å². The van der Waals surface area contributed by atoms with Gasteiger partial charge in [0.25, 0.3) is 5.91 Å². The van der Waals surface area contributed by atoms with Crippen LogP contribution >= 0.6 is 0 Å². The number of aliphatic imine (C=N–C) groups is 1. The van der Waals surface area contributed by atoms with Gasteiger partial charge in [-0.15, -0.1) is 6.58 Å². The quantitative estimate of drug-likeness (QED) is 0.449. The minimum Gasteiger partial charge on any atom is -0.339 e. The van der Waals surface area contributed by atoms with Crippen molar-refractivity contribution in [2.45, 2.75) is 38.1 Å². The number of rotatable bonds is 8. The van der Waals surface area contributed by atoms with Gasteiger partial charge in [-0.2, -0.15) is 0 Å². The van der Waals surface area contributed by atoms with Crippen molar-refractivity contribution in [1.29, 1.82) is 0 Å². The molecule has 1 unspecified atom stereocenters. The second-order valence-corrected chi connectivity index (χ2v) is 5.99. The average molecular weight is 339 g/mol. The largest absolute Gasteiger partial charge is 0.339 e. The first-order chi connectivity index (χ1) is 12.2. The molecular formula is C20H25N3O2. The molecule has 0 aliphatic carbocycles. The van der Waals surface area contributed by atoms with Gasteiger partial charge in [0.15, 0.2) is 0 Å². The second kappa shape index (κ2) is 9.57. The van der Waals surface area contributed by atoms with Gasteiger partial charge >= 0.3 is 0 Å². The van der Waals surface area contributed by atoms with Crippen molar-refractivity contribution in [3.63, 3.8) is 0 Å². The molecule has 1 fully saturated rings. The number of carbonyl (C=O) groups is 2. The van der Waals surface area contributed by atoms with Gasteiger partial charge in [0.05, 0.1) is 0 Å². The Hall–Kier alpha value is -2.69. The number of allylic oxidation sites excluding steroid dienone is 1. The van der Waals surface area contributed by atoms with E-state index in [1.165, 1.54) is 6.20 Å². The molecule has 2 rings (SSSR count). The van der Waals surface area contributed by atoms with Crippen molar-refractivity contribution in [2.24, 2.45) is 4.99 Å². The van der Waals surface area contributed by atoms with Crippen LogP contribution in [0.3, 0.4) is 0 Å². The summed E-state index contributed by atoms with van der Waals surface area (Å²) < 4.78 is 0. The topological polar surface area (TPSA) is 61.8 Å². The zero-order chi connectivity index (χ0) is 18.1. The van der Waals surface area contributed by atoms with Gasteiger partial charge < -0.3 is 10.2 Å². The summed E-state index contributed by atoms with van der Waals surface area (Å²) in [6.07, 6.45) is 6.83. The average Bonchev–Trinajstić information content (AvgIpc) is 3.05. The number of benzene rings is 1. The molecule has 0 saturated carbocycles. The molecule has 1 aromatic carbocycles. The highest BCUT2D eigenvalue weighted by molar-refractivity contribution is 6.06. The van der Waals surface area contributed by atoms with E-state index in [2.05, 4.69) is 23.5 Å². The molecular weight excluding hydrogens is 314 g/mol. The molecule has 0 bridgehead atoms. The highest BCUT2D eigenvalue weighted by Crippen LogP contribution is 2.20. The molecule has 2 amide bonds. The Morgan fingerprint density at radius 2 is 2.08 bits per heavy atom. The van der Waals surface area contributed by atoms with E-state index >= 15 is 0 Å². The first-order valence-corrected chi connectivity index (χ1v) is 8.60. The maximum Gasteiger partial charge on any atom is 0.256 e. The zero-order valence-electron chi connectivity index (χ0n) is 14.5. The van der Waals surface area contributed by atoms with Crippen LogP contribution in [-0.4, -0.2) is 35.1 Å². The van der Waals surface area contributed by atoms with E-state index in [4.69, 9.17) is 0 Å². The lowest BCUT2D eigenvalue weighted by atomic mass is 10.0. The summed E-state index contributed by atoms with van der Waals surface area (Å²) in [4.78, 5) is 30.6. The predicted molar refractivity (Wildman–Crippen MR) is 100 cm³/mol. The van der Waals surface area contributed by atoms with Crippen molar-refractivity contribution < 1.29 is 9.59 Å². The fourth-order valence-electron chi connectivity index (χ4n) is 3.00. The Morgan fingerprint density at radius 3 is 2.68 bits per heavy atom. The van der Waals surface area contributed by atoms with E-state index in [-0.39, 0.29) is 17.9 Å². The Kier molecular flexibility index (Phi) is 7.14. The van der Waals surface area contributed by atoms with E-state index in [1.807, 2.05) is 29.2 Å². The Balaban J connectivity index is 2.10. The van der Waals surface area contributed by atoms with Crippen molar-refractivity contribution >= 4 is 17.6 Å². The molecule has 1 aromatic rings. The van der Waals surface area contributed by atoms with Gasteiger partial charge in [0.1, 0.15) is 5.84 Å². The Labute approximate surface area is 149 Å². The minimum atomic E-state index is -0.212. The van der Waals surface area contributed by atoms with Gasteiger partial charge in [-0.3, -0.25) is 9.59 Å². The lowest BCUT2D eigenvalue weighted by molar-refractivity contribution is -0.129. The molecule has 1 heterocycles. The molecule has 0 radical (unpaired) electrons. The summed E-state index contributed by atoms with van der Waals surface area (Å²) in [7, 11) is 0. The number of nitrogens with zero attached hydrogens (tertiary/aromatic N) is 2. The molecule has 0 spiro atoms. The molecule has 25 heavy (non-hydrogen) atoms. The zero-order valence-corrected chi connectivity index (χ0v) is 14.5. The smallest absolute Gasteiger partial charge is 0.256 e.